The Bertz CT molecular complexity index is 934. The highest BCUT2D eigenvalue weighted by atomic mass is 16.6. The summed E-state index contributed by atoms with van der Waals surface area (Å²) in [4.78, 5) is 39.1. The van der Waals surface area contributed by atoms with E-state index in [0.717, 1.165) is 11.3 Å². The van der Waals surface area contributed by atoms with E-state index in [1.807, 2.05) is 38.1 Å². The van der Waals surface area contributed by atoms with Crippen molar-refractivity contribution in [1.82, 2.24) is 4.90 Å². The molecule has 3 amide bonds. The van der Waals surface area contributed by atoms with Crippen LogP contribution < -0.4 is 10.6 Å². The third-order valence-electron chi connectivity index (χ3n) is 4.29. The summed E-state index contributed by atoms with van der Waals surface area (Å²) in [6.07, 6.45) is 0.110. The van der Waals surface area contributed by atoms with Gasteiger partial charge in [0.1, 0.15) is 12.1 Å². The van der Waals surface area contributed by atoms with Crippen LogP contribution in [0, 0.1) is 6.92 Å². The average Bonchev–Trinajstić information content (AvgIpc) is 2.67. The molecule has 0 unspecified atom stereocenters. The fourth-order valence-corrected chi connectivity index (χ4v) is 2.93. The standard InChI is InChI=1S/C24H31N3O4/c1-6-14-27(16-21(28)26-20-13-8-7-10-17(20)2)22(29)18-11-9-12-19(15-18)25-23(30)31-24(3,4)5/h7-13,15H,6,14,16H2,1-5H3,(H,25,30)(H,26,28). The summed E-state index contributed by atoms with van der Waals surface area (Å²) in [5.74, 6) is -0.547. The number of amides is 3. The second kappa shape index (κ2) is 10.6. The van der Waals surface area contributed by atoms with Crippen molar-refractivity contribution in [2.45, 2.75) is 46.6 Å². The molecule has 31 heavy (non-hydrogen) atoms. The van der Waals surface area contributed by atoms with Crippen molar-refractivity contribution in [3.8, 4) is 0 Å². The second-order valence-electron chi connectivity index (χ2n) is 8.30. The van der Waals surface area contributed by atoms with Gasteiger partial charge >= 0.3 is 6.09 Å². The quantitative estimate of drug-likeness (QED) is 0.665. The normalized spacial score (nSPS) is 10.9. The van der Waals surface area contributed by atoms with Gasteiger partial charge in [-0.2, -0.15) is 0 Å². The van der Waals surface area contributed by atoms with Gasteiger partial charge in [0.15, 0.2) is 0 Å². The number of aryl methyl sites for hydroxylation is 1. The van der Waals surface area contributed by atoms with E-state index in [-0.39, 0.29) is 18.4 Å². The topological polar surface area (TPSA) is 87.7 Å². The lowest BCUT2D eigenvalue weighted by Crippen LogP contribution is -2.38. The molecule has 0 aliphatic rings. The van der Waals surface area contributed by atoms with Crippen molar-refractivity contribution < 1.29 is 19.1 Å². The lowest BCUT2D eigenvalue weighted by molar-refractivity contribution is -0.116. The number of carbonyl (C=O) groups excluding carboxylic acids is 3. The van der Waals surface area contributed by atoms with Crippen molar-refractivity contribution in [3.63, 3.8) is 0 Å². The van der Waals surface area contributed by atoms with Crippen molar-refractivity contribution >= 4 is 29.3 Å². The smallest absolute Gasteiger partial charge is 0.412 e. The summed E-state index contributed by atoms with van der Waals surface area (Å²) in [6.45, 7) is 9.55. The Balaban J connectivity index is 2.09. The summed E-state index contributed by atoms with van der Waals surface area (Å²) >= 11 is 0. The van der Waals surface area contributed by atoms with Crippen LogP contribution in [0.15, 0.2) is 48.5 Å². The van der Waals surface area contributed by atoms with Gasteiger partial charge in [-0.3, -0.25) is 14.9 Å². The second-order valence-corrected chi connectivity index (χ2v) is 8.30. The van der Waals surface area contributed by atoms with E-state index in [1.165, 1.54) is 4.90 Å². The number of ether oxygens (including phenoxy) is 1. The Labute approximate surface area is 183 Å². The summed E-state index contributed by atoms with van der Waals surface area (Å²) in [5, 5.41) is 5.49. The van der Waals surface area contributed by atoms with E-state index in [2.05, 4.69) is 10.6 Å². The molecular formula is C24H31N3O4. The minimum Gasteiger partial charge on any atom is -0.444 e. The maximum Gasteiger partial charge on any atom is 0.412 e. The number of hydrogen-bond donors (Lipinski definition) is 2. The molecule has 2 N–H and O–H groups in total. The summed E-state index contributed by atoms with van der Waals surface area (Å²) in [5.41, 5.74) is 1.87. The third-order valence-corrected chi connectivity index (χ3v) is 4.29. The van der Waals surface area contributed by atoms with Gasteiger partial charge in [-0.25, -0.2) is 4.79 Å². The molecule has 0 spiro atoms. The highest BCUT2D eigenvalue weighted by molar-refractivity contribution is 6.00. The molecule has 166 valence electrons. The maximum absolute atomic E-state index is 13.1. The van der Waals surface area contributed by atoms with Crippen LogP contribution in [0.25, 0.3) is 0 Å². The van der Waals surface area contributed by atoms with Crippen LogP contribution in [0.3, 0.4) is 0 Å². The number of rotatable bonds is 7. The van der Waals surface area contributed by atoms with Gasteiger partial charge < -0.3 is 15.0 Å². The molecule has 0 fully saturated rings. The van der Waals surface area contributed by atoms with Gasteiger partial charge in [0.2, 0.25) is 5.91 Å². The zero-order chi connectivity index (χ0) is 23.0. The highest BCUT2D eigenvalue weighted by Crippen LogP contribution is 2.16. The van der Waals surface area contributed by atoms with Gasteiger partial charge in [0.25, 0.3) is 5.91 Å². The average molecular weight is 426 g/mol. The van der Waals surface area contributed by atoms with Crippen molar-refractivity contribution in [2.24, 2.45) is 0 Å². The molecule has 0 bridgehead atoms. The lowest BCUT2D eigenvalue weighted by Gasteiger charge is -2.22. The summed E-state index contributed by atoms with van der Waals surface area (Å²) in [6, 6.07) is 14.1. The Kier molecular flexibility index (Phi) is 8.19. The van der Waals surface area contributed by atoms with Crippen molar-refractivity contribution in [1.29, 1.82) is 0 Å². The fraction of sp³-hybridized carbons (Fsp3) is 0.375. The van der Waals surface area contributed by atoms with E-state index in [9.17, 15) is 14.4 Å². The Morgan fingerprint density at radius 3 is 2.35 bits per heavy atom. The first-order valence-corrected chi connectivity index (χ1v) is 10.3. The van der Waals surface area contributed by atoms with Gasteiger partial charge in [-0.15, -0.1) is 0 Å². The van der Waals surface area contributed by atoms with Crippen LogP contribution in [0.4, 0.5) is 16.2 Å². The molecule has 0 saturated carbocycles. The first-order chi connectivity index (χ1) is 14.6. The number of nitrogens with zero attached hydrogens (tertiary/aromatic N) is 1. The summed E-state index contributed by atoms with van der Waals surface area (Å²) in [7, 11) is 0. The molecule has 7 heteroatoms. The molecule has 0 radical (unpaired) electrons. The Morgan fingerprint density at radius 2 is 1.71 bits per heavy atom. The number of nitrogens with one attached hydrogen (secondary N) is 2. The number of carbonyl (C=O) groups is 3. The SMILES string of the molecule is CCCN(CC(=O)Nc1ccccc1C)C(=O)c1cccc(NC(=O)OC(C)(C)C)c1. The predicted octanol–water partition coefficient (Wildman–Crippen LogP) is 4.83. The Morgan fingerprint density at radius 1 is 1.00 bits per heavy atom. The van der Waals surface area contributed by atoms with E-state index in [4.69, 9.17) is 4.74 Å². The fourth-order valence-electron chi connectivity index (χ4n) is 2.93. The minimum atomic E-state index is -0.625. The number of benzene rings is 2. The van der Waals surface area contributed by atoms with Crippen molar-refractivity contribution in [2.75, 3.05) is 23.7 Å². The first-order valence-electron chi connectivity index (χ1n) is 10.3. The highest BCUT2D eigenvalue weighted by Gasteiger charge is 2.20. The molecule has 0 atom stereocenters. The molecule has 0 aliphatic heterocycles. The minimum absolute atomic E-state index is 0.0648. The molecule has 7 nitrogen and oxygen atoms in total. The molecule has 2 aromatic carbocycles. The van der Waals surface area contributed by atoms with Crippen LogP contribution >= 0.6 is 0 Å². The van der Waals surface area contributed by atoms with Crippen molar-refractivity contribution in [3.05, 3.63) is 59.7 Å². The van der Waals surface area contributed by atoms with Crippen LogP contribution in [-0.2, 0) is 9.53 Å². The zero-order valence-electron chi connectivity index (χ0n) is 18.8. The Hall–Kier alpha value is -3.35. The molecule has 0 aliphatic carbocycles. The van der Waals surface area contributed by atoms with Crippen LogP contribution in [0.2, 0.25) is 0 Å². The lowest BCUT2D eigenvalue weighted by atomic mass is 10.1. The number of para-hydroxylation sites is 1. The number of hydrogen-bond acceptors (Lipinski definition) is 4. The zero-order valence-corrected chi connectivity index (χ0v) is 18.8. The van der Waals surface area contributed by atoms with Gasteiger partial charge in [0.05, 0.1) is 0 Å². The van der Waals surface area contributed by atoms with E-state index >= 15 is 0 Å². The molecular weight excluding hydrogens is 394 g/mol. The van der Waals surface area contributed by atoms with Gasteiger partial charge in [-0.1, -0.05) is 31.2 Å². The molecule has 0 saturated heterocycles. The van der Waals surface area contributed by atoms with Crippen LogP contribution in [0.5, 0.6) is 0 Å². The molecule has 2 rings (SSSR count). The molecule has 2 aromatic rings. The van der Waals surface area contributed by atoms with Gasteiger partial charge in [-0.05, 0) is 63.9 Å². The maximum atomic E-state index is 13.1. The first kappa shape index (κ1) is 23.9. The third kappa shape index (κ3) is 7.77. The van der Waals surface area contributed by atoms with E-state index < -0.39 is 11.7 Å². The van der Waals surface area contributed by atoms with Crippen LogP contribution in [-0.4, -0.2) is 41.5 Å². The molecule has 0 aromatic heterocycles. The van der Waals surface area contributed by atoms with Gasteiger partial charge in [0, 0.05) is 23.5 Å². The number of anilines is 2. The predicted molar refractivity (Wildman–Crippen MR) is 122 cm³/mol. The van der Waals surface area contributed by atoms with E-state index in [0.29, 0.717) is 24.2 Å². The largest absolute Gasteiger partial charge is 0.444 e. The molecule has 0 heterocycles. The summed E-state index contributed by atoms with van der Waals surface area (Å²) < 4.78 is 5.25. The van der Waals surface area contributed by atoms with Crippen LogP contribution in [0.1, 0.15) is 50.0 Å². The monoisotopic (exact) mass is 425 g/mol. The van der Waals surface area contributed by atoms with E-state index in [1.54, 1.807) is 45.0 Å².